The van der Waals surface area contributed by atoms with Crippen LogP contribution in [0.15, 0.2) is 72.0 Å². The number of unbranched alkanes of at least 4 members (excludes halogenated alkanes) is 19. The summed E-state index contributed by atoms with van der Waals surface area (Å²) in [5.41, 5.74) is 1.06. The van der Waals surface area contributed by atoms with E-state index in [1.165, 1.54) is 135 Å². The van der Waals surface area contributed by atoms with Crippen LogP contribution in [-0.2, 0) is 6.54 Å². The Balaban J connectivity index is 2.33. The molecule has 0 aromatic heterocycles. The van der Waals surface area contributed by atoms with Gasteiger partial charge in [0.1, 0.15) is 11.5 Å². The fourth-order valence-corrected chi connectivity index (χ4v) is 6.48. The predicted octanol–water partition coefficient (Wildman–Crippen LogP) is 14.0. The molecule has 0 heterocycles. The molecule has 0 saturated heterocycles. The van der Waals surface area contributed by atoms with Gasteiger partial charge in [-0.15, -0.1) is 0 Å². The third kappa shape index (κ3) is 32.7. The Hall–Kier alpha value is -2.70. The maximum atomic E-state index is 10.8. The van der Waals surface area contributed by atoms with Crippen LogP contribution in [0.4, 0.5) is 0 Å². The number of aliphatic hydroxyl groups excluding tert-OH is 1. The quantitative estimate of drug-likeness (QED) is 0.0411. The first-order valence-electron chi connectivity index (χ1n) is 22.3. The lowest BCUT2D eigenvalue weighted by Crippen LogP contribution is -2.29. The van der Waals surface area contributed by atoms with Crippen molar-refractivity contribution in [2.24, 2.45) is 5.18 Å². The number of nitroso groups, excluding NO2 is 1. The largest absolute Gasteiger partial charge is 0.493 e. The van der Waals surface area contributed by atoms with E-state index in [4.69, 9.17) is 9.47 Å². The summed E-state index contributed by atoms with van der Waals surface area (Å²) >= 11 is 0. The molecule has 6 nitrogen and oxygen atoms in total. The van der Waals surface area contributed by atoms with E-state index in [0.29, 0.717) is 32.8 Å². The zero-order chi connectivity index (χ0) is 38.8. The van der Waals surface area contributed by atoms with E-state index in [9.17, 15) is 10.0 Å². The Bertz CT molecular complexity index is 1080. The summed E-state index contributed by atoms with van der Waals surface area (Å²) < 4.78 is 12.5. The van der Waals surface area contributed by atoms with Crippen molar-refractivity contribution in [3.05, 3.63) is 77.3 Å². The lowest BCUT2D eigenvalue weighted by Gasteiger charge is -2.21. The SMILES string of the molecule is CCCCC/C=C\C/C=C\CCCCCCCCOc1cc(CN(CCO)CCN=O)cc(OCCCCCCCC/C=C\C/C=C\CCCCCC)c1. The number of rotatable bonds is 40. The normalized spacial score (nSPS) is 12.1. The third-order valence-corrected chi connectivity index (χ3v) is 9.75. The van der Waals surface area contributed by atoms with Crippen molar-refractivity contribution in [2.75, 3.05) is 39.5 Å². The second-order valence-corrected chi connectivity index (χ2v) is 14.9. The van der Waals surface area contributed by atoms with Crippen LogP contribution in [0, 0.1) is 4.91 Å². The van der Waals surface area contributed by atoms with Crippen LogP contribution in [0.3, 0.4) is 0 Å². The van der Waals surface area contributed by atoms with Gasteiger partial charge in [0.25, 0.3) is 0 Å². The molecule has 0 atom stereocenters. The number of nitrogens with zero attached hydrogens (tertiary/aromatic N) is 2. The fraction of sp³-hybridized carbons (Fsp3) is 0.708. The molecule has 1 aromatic rings. The third-order valence-electron chi connectivity index (χ3n) is 9.75. The maximum Gasteiger partial charge on any atom is 0.123 e. The van der Waals surface area contributed by atoms with Gasteiger partial charge in [0, 0.05) is 25.7 Å². The summed E-state index contributed by atoms with van der Waals surface area (Å²) in [6.07, 6.45) is 49.5. The standard InChI is InChI=1S/C48H82N2O4/c1-3-5-7-9-11-13-15-17-19-21-23-25-27-29-31-33-35-41-54-48-43-46(45-50(38-39-51)37-36-49-52)42-47(44-48)53-40-34-32-30-28-26-24-22-20-18-16-14-12-10-8-6-4-2/h12-15,18-21,42-44,51H,3-11,16-17,22-41,45H2,1-2H3/b14-12-,15-13-,20-18-,21-19-. The first-order chi connectivity index (χ1) is 26.7. The highest BCUT2D eigenvalue weighted by Crippen LogP contribution is 2.25. The summed E-state index contributed by atoms with van der Waals surface area (Å²) in [5, 5.41) is 12.6. The van der Waals surface area contributed by atoms with Gasteiger partial charge in [0.15, 0.2) is 0 Å². The van der Waals surface area contributed by atoms with E-state index < -0.39 is 0 Å². The highest BCUT2D eigenvalue weighted by molar-refractivity contribution is 5.38. The van der Waals surface area contributed by atoms with Crippen LogP contribution in [-0.4, -0.2) is 49.5 Å². The van der Waals surface area contributed by atoms with E-state index in [1.54, 1.807) is 0 Å². The second-order valence-electron chi connectivity index (χ2n) is 14.9. The Kier molecular flexibility index (Phi) is 36.5. The number of allylic oxidation sites excluding steroid dienone is 8. The van der Waals surface area contributed by atoms with Crippen molar-refractivity contribution in [1.82, 2.24) is 4.90 Å². The summed E-state index contributed by atoms with van der Waals surface area (Å²) in [6, 6.07) is 6.16. The molecule has 0 unspecified atom stereocenters. The van der Waals surface area contributed by atoms with E-state index in [2.05, 4.69) is 84.7 Å². The second kappa shape index (κ2) is 40.0. The molecule has 0 radical (unpaired) electrons. The molecule has 0 saturated carbocycles. The molecule has 54 heavy (non-hydrogen) atoms. The molecule has 1 rings (SSSR count). The lowest BCUT2D eigenvalue weighted by molar-refractivity contribution is 0.193. The minimum absolute atomic E-state index is 0.0412. The summed E-state index contributed by atoms with van der Waals surface area (Å²) in [4.78, 5) is 12.8. The van der Waals surface area contributed by atoms with Crippen LogP contribution in [0.25, 0.3) is 0 Å². The monoisotopic (exact) mass is 751 g/mol. The van der Waals surface area contributed by atoms with Crippen molar-refractivity contribution in [3.8, 4) is 11.5 Å². The fourth-order valence-electron chi connectivity index (χ4n) is 6.48. The molecule has 0 spiro atoms. The van der Waals surface area contributed by atoms with Crippen molar-refractivity contribution >= 4 is 0 Å². The number of ether oxygens (including phenoxy) is 2. The van der Waals surface area contributed by atoms with Crippen LogP contribution < -0.4 is 9.47 Å². The highest BCUT2D eigenvalue weighted by atomic mass is 16.5. The molecular formula is C48H82N2O4. The maximum absolute atomic E-state index is 10.8. The molecule has 1 N–H and O–H groups in total. The minimum atomic E-state index is 0.0412. The van der Waals surface area contributed by atoms with Crippen LogP contribution in [0.1, 0.15) is 180 Å². The van der Waals surface area contributed by atoms with Gasteiger partial charge in [-0.3, -0.25) is 4.90 Å². The number of benzene rings is 1. The van der Waals surface area contributed by atoms with Crippen LogP contribution in [0.5, 0.6) is 11.5 Å². The van der Waals surface area contributed by atoms with Gasteiger partial charge in [-0.1, -0.05) is 151 Å². The van der Waals surface area contributed by atoms with Gasteiger partial charge in [-0.25, -0.2) is 0 Å². The zero-order valence-electron chi connectivity index (χ0n) is 35.0. The van der Waals surface area contributed by atoms with Gasteiger partial charge in [-0.05, 0) is 94.7 Å². The molecule has 0 aliphatic heterocycles. The summed E-state index contributed by atoms with van der Waals surface area (Å²) in [5.74, 6) is 1.66. The molecule has 0 amide bonds. The van der Waals surface area contributed by atoms with Crippen LogP contribution >= 0.6 is 0 Å². The molecule has 0 aliphatic rings. The molecule has 0 aliphatic carbocycles. The van der Waals surface area contributed by atoms with E-state index >= 15 is 0 Å². The van der Waals surface area contributed by atoms with Gasteiger partial charge in [0.05, 0.1) is 26.4 Å². The molecule has 0 fully saturated rings. The first kappa shape index (κ1) is 49.3. The van der Waals surface area contributed by atoms with Crippen molar-refractivity contribution in [1.29, 1.82) is 0 Å². The van der Waals surface area contributed by atoms with Gasteiger partial charge in [-0.2, -0.15) is 4.91 Å². The molecule has 1 aromatic carbocycles. The molecule has 0 bridgehead atoms. The Labute approximate surface area is 332 Å². The molecule has 6 heteroatoms. The molecular weight excluding hydrogens is 669 g/mol. The summed E-state index contributed by atoms with van der Waals surface area (Å²) in [7, 11) is 0. The lowest BCUT2D eigenvalue weighted by atomic mass is 10.1. The van der Waals surface area contributed by atoms with Gasteiger partial charge < -0.3 is 14.6 Å². The number of hydrogen-bond donors (Lipinski definition) is 1. The molecule has 308 valence electrons. The number of aliphatic hydroxyl groups is 1. The van der Waals surface area contributed by atoms with Crippen LogP contribution in [0.2, 0.25) is 0 Å². The zero-order valence-corrected chi connectivity index (χ0v) is 35.0. The topological polar surface area (TPSA) is 71.4 Å². The average Bonchev–Trinajstić information content (AvgIpc) is 3.17. The minimum Gasteiger partial charge on any atom is -0.493 e. The van der Waals surface area contributed by atoms with Gasteiger partial charge >= 0.3 is 0 Å². The first-order valence-corrected chi connectivity index (χ1v) is 22.3. The van der Waals surface area contributed by atoms with E-state index in [-0.39, 0.29) is 13.2 Å². The average molecular weight is 751 g/mol. The predicted molar refractivity (Wildman–Crippen MR) is 234 cm³/mol. The number of hydrogen-bond acceptors (Lipinski definition) is 6. The van der Waals surface area contributed by atoms with Gasteiger partial charge in [0.2, 0.25) is 0 Å². The highest BCUT2D eigenvalue weighted by Gasteiger charge is 2.10. The smallest absolute Gasteiger partial charge is 0.123 e. The van der Waals surface area contributed by atoms with Crippen molar-refractivity contribution in [3.63, 3.8) is 0 Å². The van der Waals surface area contributed by atoms with E-state index in [1.807, 2.05) is 6.07 Å². The Morgan fingerprint density at radius 1 is 0.537 bits per heavy atom. The van der Waals surface area contributed by atoms with Crippen molar-refractivity contribution in [2.45, 2.75) is 181 Å². The Morgan fingerprint density at radius 2 is 0.944 bits per heavy atom. The Morgan fingerprint density at radius 3 is 1.39 bits per heavy atom. The summed E-state index contributed by atoms with van der Waals surface area (Å²) in [6.45, 7) is 7.78. The van der Waals surface area contributed by atoms with Crippen molar-refractivity contribution < 1.29 is 14.6 Å². The van der Waals surface area contributed by atoms with E-state index in [0.717, 1.165) is 42.7 Å².